The van der Waals surface area contributed by atoms with E-state index in [0.29, 0.717) is 4.88 Å². The third-order valence-electron chi connectivity index (χ3n) is 6.02. The molecule has 188 valence electrons. The van der Waals surface area contributed by atoms with E-state index in [1.54, 1.807) is 42.7 Å². The van der Waals surface area contributed by atoms with Crippen molar-refractivity contribution in [1.29, 1.82) is 0 Å². The molecule has 3 aromatic rings. The summed E-state index contributed by atoms with van der Waals surface area (Å²) in [6.45, 7) is 0. The molecule has 0 bridgehead atoms. The Balaban J connectivity index is 1.61. The molecule has 3 amide bonds. The molecular weight excluding hydrogens is 523 g/mol. The lowest BCUT2D eigenvalue weighted by atomic mass is 9.84. The van der Waals surface area contributed by atoms with E-state index in [1.807, 2.05) is 6.07 Å². The van der Waals surface area contributed by atoms with Crippen molar-refractivity contribution in [3.8, 4) is 10.4 Å². The highest BCUT2D eigenvalue weighted by molar-refractivity contribution is 7.20. The number of rotatable bonds is 7. The van der Waals surface area contributed by atoms with Gasteiger partial charge in [-0.3, -0.25) is 15.1 Å². The number of benzene rings is 1. The first-order valence-corrected chi connectivity index (χ1v) is 13.0. The summed E-state index contributed by atoms with van der Waals surface area (Å²) in [5.41, 5.74) is 1.14. The Kier molecular flexibility index (Phi) is 8.45. The average molecular weight is 547 g/mol. The maximum absolute atomic E-state index is 13.3. The summed E-state index contributed by atoms with van der Waals surface area (Å²) >= 11 is 13.5. The van der Waals surface area contributed by atoms with Crippen molar-refractivity contribution in [2.75, 3.05) is 10.6 Å². The van der Waals surface area contributed by atoms with Gasteiger partial charge >= 0.3 is 12.0 Å². The standard InChI is InChI=1S/C25H24Cl2N4O4S/c26-17-9-4-10-18(27)21(17)30-25(35)31-23-16(12-19(36-23)15-8-5-11-28-13-15)22(32)29-20(24(33)34)14-6-2-1-3-7-14/h4-5,8-14,20H,1-3,6-7H2,(H,29,32)(H,33,34)(H2,30,31,35)/t20-/m0/s1. The number of hydrogen-bond donors (Lipinski definition) is 4. The number of urea groups is 1. The molecule has 0 radical (unpaired) electrons. The largest absolute Gasteiger partial charge is 0.480 e. The molecule has 1 fully saturated rings. The van der Waals surface area contributed by atoms with Crippen LogP contribution in [0.5, 0.6) is 0 Å². The van der Waals surface area contributed by atoms with Crippen molar-refractivity contribution in [3.63, 3.8) is 0 Å². The number of carboxylic acids is 1. The molecule has 0 saturated heterocycles. The number of carbonyl (C=O) groups is 3. The predicted molar refractivity (Wildman–Crippen MR) is 142 cm³/mol. The van der Waals surface area contributed by atoms with Gasteiger partial charge in [0.1, 0.15) is 11.0 Å². The maximum atomic E-state index is 13.3. The average Bonchev–Trinajstić information content (AvgIpc) is 3.29. The molecule has 2 heterocycles. The van der Waals surface area contributed by atoms with Gasteiger partial charge in [0.25, 0.3) is 5.91 Å². The highest BCUT2D eigenvalue weighted by Gasteiger charge is 2.32. The monoisotopic (exact) mass is 546 g/mol. The SMILES string of the molecule is O=C(Nc1sc(-c2cccnc2)cc1C(=O)N[C@H](C(=O)O)C1CCCCC1)Nc1c(Cl)cccc1Cl. The summed E-state index contributed by atoms with van der Waals surface area (Å²) in [5.74, 6) is -1.79. The fourth-order valence-electron chi connectivity index (χ4n) is 4.24. The zero-order valence-electron chi connectivity index (χ0n) is 19.1. The first-order valence-electron chi connectivity index (χ1n) is 11.4. The minimum Gasteiger partial charge on any atom is -0.480 e. The zero-order chi connectivity index (χ0) is 25.7. The normalized spacial score (nSPS) is 14.6. The van der Waals surface area contributed by atoms with E-state index in [9.17, 15) is 19.5 Å². The molecule has 0 spiro atoms. The van der Waals surface area contributed by atoms with Crippen molar-refractivity contribution < 1.29 is 19.5 Å². The number of carboxylic acid groups (broad SMARTS) is 1. The Morgan fingerprint density at radius 2 is 1.75 bits per heavy atom. The summed E-state index contributed by atoms with van der Waals surface area (Å²) in [5, 5.41) is 18.6. The van der Waals surface area contributed by atoms with Gasteiger partial charge in [0.2, 0.25) is 0 Å². The van der Waals surface area contributed by atoms with Gasteiger partial charge in [-0.25, -0.2) is 9.59 Å². The Labute approximate surface area is 222 Å². The quantitative estimate of drug-likeness (QED) is 0.268. The van der Waals surface area contributed by atoms with Gasteiger partial charge in [0.15, 0.2) is 0 Å². The van der Waals surface area contributed by atoms with Gasteiger partial charge in [0.05, 0.1) is 21.3 Å². The lowest BCUT2D eigenvalue weighted by Gasteiger charge is -2.28. The van der Waals surface area contributed by atoms with Crippen LogP contribution >= 0.6 is 34.5 Å². The number of carbonyl (C=O) groups excluding carboxylic acids is 2. The molecule has 36 heavy (non-hydrogen) atoms. The molecule has 0 aliphatic heterocycles. The zero-order valence-corrected chi connectivity index (χ0v) is 21.4. The number of hydrogen-bond acceptors (Lipinski definition) is 5. The number of nitrogens with zero attached hydrogens (tertiary/aromatic N) is 1. The highest BCUT2D eigenvalue weighted by Crippen LogP contribution is 2.36. The van der Waals surface area contributed by atoms with Crippen LogP contribution < -0.4 is 16.0 Å². The van der Waals surface area contributed by atoms with Gasteiger partial charge in [0, 0.05) is 22.8 Å². The van der Waals surface area contributed by atoms with Gasteiger partial charge in [-0.15, -0.1) is 11.3 Å². The Bertz CT molecular complexity index is 1240. The summed E-state index contributed by atoms with van der Waals surface area (Å²) in [6, 6.07) is 8.38. The molecule has 4 rings (SSSR count). The summed E-state index contributed by atoms with van der Waals surface area (Å²) in [4.78, 5) is 42.9. The van der Waals surface area contributed by atoms with Gasteiger partial charge in [-0.2, -0.15) is 0 Å². The Morgan fingerprint density at radius 1 is 1.03 bits per heavy atom. The third kappa shape index (κ3) is 6.16. The lowest BCUT2D eigenvalue weighted by molar-refractivity contribution is -0.141. The molecule has 1 aliphatic carbocycles. The molecule has 1 aromatic carbocycles. The minimum atomic E-state index is -1.07. The number of nitrogens with one attached hydrogen (secondary N) is 3. The Hall–Kier alpha value is -3.14. The first-order chi connectivity index (χ1) is 17.3. The van der Waals surface area contributed by atoms with Crippen molar-refractivity contribution >= 4 is 63.1 Å². The van der Waals surface area contributed by atoms with E-state index < -0.39 is 23.9 Å². The second kappa shape index (κ2) is 11.7. The first kappa shape index (κ1) is 25.9. The van der Waals surface area contributed by atoms with E-state index in [2.05, 4.69) is 20.9 Å². The summed E-state index contributed by atoms with van der Waals surface area (Å²) in [7, 11) is 0. The summed E-state index contributed by atoms with van der Waals surface area (Å²) in [6.07, 6.45) is 7.70. The predicted octanol–water partition coefficient (Wildman–Crippen LogP) is 6.52. The van der Waals surface area contributed by atoms with Crippen LogP contribution in [0.4, 0.5) is 15.5 Å². The lowest BCUT2D eigenvalue weighted by Crippen LogP contribution is -2.46. The molecule has 4 N–H and O–H groups in total. The van der Waals surface area contributed by atoms with Crippen LogP contribution in [0.25, 0.3) is 10.4 Å². The number of para-hydroxylation sites is 1. The number of thiophene rings is 1. The second-order valence-electron chi connectivity index (χ2n) is 8.46. The smallest absolute Gasteiger partial charge is 0.326 e. The highest BCUT2D eigenvalue weighted by atomic mass is 35.5. The number of pyridine rings is 1. The van der Waals surface area contributed by atoms with Crippen LogP contribution in [0.15, 0.2) is 48.8 Å². The fourth-order valence-corrected chi connectivity index (χ4v) is 5.77. The van der Waals surface area contributed by atoms with E-state index >= 15 is 0 Å². The van der Waals surface area contributed by atoms with Crippen molar-refractivity contribution in [2.45, 2.75) is 38.1 Å². The molecule has 0 unspecified atom stereocenters. The van der Waals surface area contributed by atoms with Crippen LogP contribution in [0.3, 0.4) is 0 Å². The van der Waals surface area contributed by atoms with Crippen molar-refractivity contribution in [1.82, 2.24) is 10.3 Å². The topological polar surface area (TPSA) is 120 Å². The van der Waals surface area contributed by atoms with Crippen LogP contribution in [0.2, 0.25) is 10.0 Å². The maximum Gasteiger partial charge on any atom is 0.326 e. The molecular formula is C25H24Cl2N4O4S. The van der Waals surface area contributed by atoms with Crippen LogP contribution in [0, 0.1) is 5.92 Å². The fraction of sp³-hybridized carbons (Fsp3) is 0.280. The van der Waals surface area contributed by atoms with Crippen LogP contribution in [-0.2, 0) is 4.79 Å². The second-order valence-corrected chi connectivity index (χ2v) is 10.3. The van der Waals surface area contributed by atoms with Gasteiger partial charge in [-0.1, -0.05) is 54.6 Å². The van der Waals surface area contributed by atoms with Gasteiger partial charge < -0.3 is 15.7 Å². The third-order valence-corrected chi connectivity index (χ3v) is 7.75. The number of halogens is 2. The van der Waals surface area contributed by atoms with Crippen molar-refractivity contribution in [3.05, 3.63) is 64.4 Å². The van der Waals surface area contributed by atoms with Crippen LogP contribution in [-0.4, -0.2) is 34.0 Å². The Morgan fingerprint density at radius 3 is 2.39 bits per heavy atom. The number of aromatic nitrogens is 1. The summed E-state index contributed by atoms with van der Waals surface area (Å²) < 4.78 is 0. The number of amides is 3. The van der Waals surface area contributed by atoms with E-state index in [-0.39, 0.29) is 32.2 Å². The number of anilines is 2. The molecule has 1 saturated carbocycles. The molecule has 11 heteroatoms. The van der Waals surface area contributed by atoms with Crippen molar-refractivity contribution in [2.24, 2.45) is 5.92 Å². The molecule has 8 nitrogen and oxygen atoms in total. The minimum absolute atomic E-state index is 0.140. The van der Waals surface area contributed by atoms with E-state index in [1.165, 1.54) is 11.3 Å². The molecule has 1 atom stereocenters. The molecule has 1 aliphatic rings. The van der Waals surface area contributed by atoms with Gasteiger partial charge in [-0.05, 0) is 43.0 Å². The van der Waals surface area contributed by atoms with E-state index in [0.717, 1.165) is 37.7 Å². The van der Waals surface area contributed by atoms with Crippen LogP contribution in [0.1, 0.15) is 42.5 Å². The molecule has 2 aromatic heterocycles. The van der Waals surface area contributed by atoms with E-state index in [4.69, 9.17) is 23.2 Å². The number of aliphatic carboxylic acids is 1.